The van der Waals surface area contributed by atoms with Gasteiger partial charge in [0, 0.05) is 5.69 Å². The maximum atomic E-state index is 13.1. The molecule has 0 atom stereocenters. The SMILES string of the molecule is C1CO1.CC(C)(C)C1=Cc2cc(NC(=O)C3(c4ccc5c(c4)OCO5)CC3)ccc2C1. The number of hydrogen-bond donors (Lipinski definition) is 1. The first-order valence-corrected chi connectivity index (χ1v) is 11.0. The van der Waals surface area contributed by atoms with Crippen molar-refractivity contribution < 1.29 is 19.0 Å². The van der Waals surface area contributed by atoms with E-state index in [1.165, 1.54) is 16.7 Å². The maximum absolute atomic E-state index is 13.1. The lowest BCUT2D eigenvalue weighted by molar-refractivity contribution is -0.118. The number of epoxide rings is 1. The number of amides is 1. The van der Waals surface area contributed by atoms with Gasteiger partial charge in [-0.05, 0) is 65.6 Å². The third-order valence-corrected chi connectivity index (χ3v) is 6.39. The zero-order valence-corrected chi connectivity index (χ0v) is 18.4. The largest absolute Gasteiger partial charge is 0.454 e. The van der Waals surface area contributed by atoms with Crippen molar-refractivity contribution in [3.05, 3.63) is 58.7 Å². The van der Waals surface area contributed by atoms with E-state index in [1.807, 2.05) is 24.3 Å². The molecule has 2 aromatic carbocycles. The number of fused-ring (bicyclic) bond motifs is 2. The predicted octanol–water partition coefficient (Wildman–Crippen LogP) is 5.09. The lowest BCUT2D eigenvalue weighted by Gasteiger charge is -2.19. The second-order valence-corrected chi connectivity index (χ2v) is 9.73. The fourth-order valence-corrected chi connectivity index (χ4v) is 4.11. The standard InChI is InChI=1S/C24H25NO3.C2H4O/c1-23(2,3)18-10-15-4-6-19(12-16(15)11-18)25-22(26)24(8-9-24)17-5-7-20-21(13-17)28-14-27-20;1-2-3-1/h4-7,11-13H,8-10,14H2,1-3H3,(H,25,26);1-2H2. The van der Waals surface area contributed by atoms with Gasteiger partial charge in [0.25, 0.3) is 0 Å². The summed E-state index contributed by atoms with van der Waals surface area (Å²) in [5, 5.41) is 3.15. The van der Waals surface area contributed by atoms with Crippen LogP contribution in [0.5, 0.6) is 11.5 Å². The van der Waals surface area contributed by atoms with E-state index in [0.717, 1.165) is 55.2 Å². The number of nitrogens with one attached hydrogen (secondary N) is 1. The normalized spacial score (nSPS) is 19.0. The van der Waals surface area contributed by atoms with Crippen molar-refractivity contribution in [1.82, 2.24) is 0 Å². The fourth-order valence-electron chi connectivity index (χ4n) is 4.11. The second-order valence-electron chi connectivity index (χ2n) is 9.73. The first-order valence-electron chi connectivity index (χ1n) is 11.0. The van der Waals surface area contributed by atoms with E-state index in [-0.39, 0.29) is 18.1 Å². The van der Waals surface area contributed by atoms with Crippen LogP contribution in [0.4, 0.5) is 5.69 Å². The van der Waals surface area contributed by atoms with Crippen molar-refractivity contribution >= 4 is 17.7 Å². The third kappa shape index (κ3) is 4.07. The molecule has 1 saturated carbocycles. The summed E-state index contributed by atoms with van der Waals surface area (Å²) in [5.41, 5.74) is 5.57. The van der Waals surface area contributed by atoms with Crippen LogP contribution in [0.1, 0.15) is 50.3 Å². The van der Waals surface area contributed by atoms with Crippen molar-refractivity contribution in [3.8, 4) is 11.5 Å². The van der Waals surface area contributed by atoms with Crippen molar-refractivity contribution in [2.75, 3.05) is 25.3 Å². The quantitative estimate of drug-likeness (QED) is 0.704. The number of carbonyl (C=O) groups is 1. The van der Waals surface area contributed by atoms with Crippen LogP contribution in [0.15, 0.2) is 42.0 Å². The van der Waals surface area contributed by atoms with Crippen LogP contribution in [-0.2, 0) is 21.4 Å². The second kappa shape index (κ2) is 7.41. The monoisotopic (exact) mass is 419 g/mol. The number of rotatable bonds is 3. The highest BCUT2D eigenvalue weighted by atomic mass is 16.7. The van der Waals surface area contributed by atoms with E-state index in [0.29, 0.717) is 0 Å². The summed E-state index contributed by atoms with van der Waals surface area (Å²) in [4.78, 5) is 13.1. The molecule has 2 heterocycles. The summed E-state index contributed by atoms with van der Waals surface area (Å²) >= 11 is 0. The molecule has 1 amide bonds. The molecule has 0 bridgehead atoms. The minimum atomic E-state index is -0.452. The van der Waals surface area contributed by atoms with E-state index in [1.54, 1.807) is 0 Å². The fraction of sp³-hybridized carbons (Fsp3) is 0.423. The molecule has 6 rings (SSSR count). The van der Waals surface area contributed by atoms with Crippen LogP contribution in [0, 0.1) is 5.41 Å². The predicted molar refractivity (Wildman–Crippen MR) is 121 cm³/mol. The van der Waals surface area contributed by atoms with Crippen LogP contribution in [0.3, 0.4) is 0 Å². The number of carbonyl (C=O) groups excluding carboxylic acids is 1. The molecule has 2 aromatic rings. The zero-order valence-electron chi connectivity index (χ0n) is 18.4. The molecule has 31 heavy (non-hydrogen) atoms. The highest BCUT2D eigenvalue weighted by molar-refractivity contribution is 6.01. The summed E-state index contributed by atoms with van der Waals surface area (Å²) in [6.07, 6.45) is 4.99. The molecule has 2 aliphatic heterocycles. The number of anilines is 1. The van der Waals surface area contributed by atoms with Gasteiger partial charge in [0.1, 0.15) is 0 Å². The van der Waals surface area contributed by atoms with E-state index in [2.05, 4.69) is 49.0 Å². The minimum Gasteiger partial charge on any atom is -0.454 e. The van der Waals surface area contributed by atoms with Gasteiger partial charge in [-0.25, -0.2) is 0 Å². The van der Waals surface area contributed by atoms with Crippen LogP contribution < -0.4 is 14.8 Å². The van der Waals surface area contributed by atoms with Gasteiger partial charge in [-0.2, -0.15) is 0 Å². The Hall–Kier alpha value is -2.79. The molecular weight excluding hydrogens is 390 g/mol. The molecule has 5 heteroatoms. The van der Waals surface area contributed by atoms with Gasteiger partial charge in [0.15, 0.2) is 11.5 Å². The van der Waals surface area contributed by atoms with Gasteiger partial charge < -0.3 is 19.5 Å². The maximum Gasteiger partial charge on any atom is 0.235 e. The summed E-state index contributed by atoms with van der Waals surface area (Å²) < 4.78 is 15.4. The smallest absolute Gasteiger partial charge is 0.235 e. The summed E-state index contributed by atoms with van der Waals surface area (Å²) in [6, 6.07) is 12.1. The molecule has 5 nitrogen and oxygen atoms in total. The summed E-state index contributed by atoms with van der Waals surface area (Å²) in [5.74, 6) is 1.54. The van der Waals surface area contributed by atoms with Gasteiger partial charge in [-0.3, -0.25) is 4.79 Å². The average molecular weight is 420 g/mol. The lowest BCUT2D eigenvalue weighted by Crippen LogP contribution is -2.27. The number of hydrogen-bond acceptors (Lipinski definition) is 4. The summed E-state index contributed by atoms with van der Waals surface area (Å²) in [6.45, 7) is 8.98. The molecule has 2 fully saturated rings. The van der Waals surface area contributed by atoms with Gasteiger partial charge in [-0.15, -0.1) is 0 Å². The van der Waals surface area contributed by atoms with E-state index >= 15 is 0 Å². The van der Waals surface area contributed by atoms with Gasteiger partial charge in [-0.1, -0.05) is 44.6 Å². The number of benzene rings is 2. The van der Waals surface area contributed by atoms with Crippen LogP contribution >= 0.6 is 0 Å². The third-order valence-electron chi connectivity index (χ3n) is 6.39. The van der Waals surface area contributed by atoms with E-state index in [9.17, 15) is 4.79 Å². The molecular formula is C26H29NO4. The first kappa shape index (κ1) is 20.1. The molecule has 0 aromatic heterocycles. The van der Waals surface area contributed by atoms with Gasteiger partial charge in [0.05, 0.1) is 18.6 Å². The number of ether oxygens (including phenoxy) is 3. The van der Waals surface area contributed by atoms with Crippen LogP contribution in [-0.4, -0.2) is 25.9 Å². The van der Waals surface area contributed by atoms with Crippen molar-refractivity contribution in [1.29, 1.82) is 0 Å². The minimum absolute atomic E-state index is 0.0596. The van der Waals surface area contributed by atoms with Crippen LogP contribution in [0.2, 0.25) is 0 Å². The number of allylic oxidation sites excluding steroid dienone is 1. The zero-order chi connectivity index (χ0) is 21.6. The Kier molecular flexibility index (Phi) is 4.82. The Balaban J connectivity index is 0.000000628. The Morgan fingerprint density at radius 3 is 2.42 bits per heavy atom. The van der Waals surface area contributed by atoms with Gasteiger partial charge in [0.2, 0.25) is 12.7 Å². The highest BCUT2D eigenvalue weighted by Gasteiger charge is 2.51. The Morgan fingerprint density at radius 1 is 1.00 bits per heavy atom. The lowest BCUT2D eigenvalue weighted by atomic mass is 9.85. The topological polar surface area (TPSA) is 60.1 Å². The molecule has 1 N–H and O–H groups in total. The van der Waals surface area contributed by atoms with Crippen molar-refractivity contribution in [2.24, 2.45) is 5.41 Å². The Bertz CT molecular complexity index is 1050. The highest BCUT2D eigenvalue weighted by Crippen LogP contribution is 2.51. The molecule has 0 spiro atoms. The van der Waals surface area contributed by atoms with Crippen molar-refractivity contribution in [2.45, 2.75) is 45.4 Å². The van der Waals surface area contributed by atoms with Crippen molar-refractivity contribution in [3.63, 3.8) is 0 Å². The Labute approximate surface area is 183 Å². The Morgan fingerprint density at radius 2 is 1.74 bits per heavy atom. The molecule has 2 aliphatic carbocycles. The first-order chi connectivity index (χ1) is 14.8. The van der Waals surface area contributed by atoms with Gasteiger partial charge >= 0.3 is 0 Å². The van der Waals surface area contributed by atoms with Crippen LogP contribution in [0.25, 0.3) is 6.08 Å². The molecule has 0 radical (unpaired) electrons. The molecule has 4 aliphatic rings. The molecule has 1 saturated heterocycles. The van der Waals surface area contributed by atoms with E-state index in [4.69, 9.17) is 9.47 Å². The summed E-state index contributed by atoms with van der Waals surface area (Å²) in [7, 11) is 0. The molecule has 162 valence electrons. The molecule has 0 unspecified atom stereocenters. The average Bonchev–Trinajstić information content (AvgIpc) is 3.67. The van der Waals surface area contributed by atoms with E-state index < -0.39 is 5.41 Å².